The van der Waals surface area contributed by atoms with Crippen LogP contribution in [0.15, 0.2) is 41.7 Å². The maximum Gasteiger partial charge on any atom is 0.387 e. The van der Waals surface area contributed by atoms with E-state index in [1.807, 2.05) is 16.9 Å². The third-order valence-electron chi connectivity index (χ3n) is 3.91. The van der Waals surface area contributed by atoms with Gasteiger partial charge in [-0.1, -0.05) is 19.1 Å². The highest BCUT2D eigenvalue weighted by Gasteiger charge is 2.16. The molecule has 1 unspecified atom stereocenters. The van der Waals surface area contributed by atoms with E-state index < -0.39 is 6.61 Å². The number of para-hydroxylation sites is 1. The molecule has 0 radical (unpaired) electrons. The van der Waals surface area contributed by atoms with Crippen LogP contribution in [0.5, 0.6) is 11.5 Å². The van der Waals surface area contributed by atoms with Crippen molar-refractivity contribution in [2.24, 2.45) is 10.9 Å². The molecule has 2 aromatic rings. The van der Waals surface area contributed by atoms with Gasteiger partial charge in [0.1, 0.15) is 0 Å². The molecule has 0 amide bonds. The summed E-state index contributed by atoms with van der Waals surface area (Å²) in [5.41, 5.74) is 0.554. The Morgan fingerprint density at radius 3 is 2.69 bits per heavy atom. The molecule has 7 nitrogen and oxygen atoms in total. The number of hydrogen-bond acceptors (Lipinski definition) is 4. The van der Waals surface area contributed by atoms with Gasteiger partial charge in [0.15, 0.2) is 17.5 Å². The molecule has 0 aliphatic heterocycles. The minimum atomic E-state index is -2.93. The van der Waals surface area contributed by atoms with Gasteiger partial charge in [-0.2, -0.15) is 13.9 Å². The van der Waals surface area contributed by atoms with Crippen LogP contribution in [0.25, 0.3) is 0 Å². The van der Waals surface area contributed by atoms with Gasteiger partial charge in [-0.05, 0) is 25.0 Å². The second-order valence-electron chi connectivity index (χ2n) is 6.20. The lowest BCUT2D eigenvalue weighted by molar-refractivity contribution is -0.0520. The normalized spacial score (nSPS) is 12.3. The summed E-state index contributed by atoms with van der Waals surface area (Å²) in [5, 5.41) is 10.5. The van der Waals surface area contributed by atoms with E-state index in [1.54, 1.807) is 38.4 Å². The molecule has 0 aliphatic carbocycles. The zero-order valence-corrected chi connectivity index (χ0v) is 19.1. The van der Waals surface area contributed by atoms with Gasteiger partial charge >= 0.3 is 6.61 Å². The summed E-state index contributed by atoms with van der Waals surface area (Å²) in [6.45, 7) is 3.03. The molecule has 1 aromatic carbocycles. The van der Waals surface area contributed by atoms with Crippen molar-refractivity contribution < 1.29 is 18.3 Å². The Kier molecular flexibility index (Phi) is 11.3. The first-order valence-corrected chi connectivity index (χ1v) is 9.14. The van der Waals surface area contributed by atoms with Gasteiger partial charge in [-0.3, -0.25) is 9.67 Å². The largest absolute Gasteiger partial charge is 0.490 e. The van der Waals surface area contributed by atoms with Crippen LogP contribution < -0.4 is 20.1 Å². The molecule has 0 saturated heterocycles. The summed E-state index contributed by atoms with van der Waals surface area (Å²) < 4.78 is 37.6. The molecular weight excluding hydrogens is 495 g/mol. The SMILES string of the molecule is CCOc1cccc(CNC(=NC)NCC(C)Cn2cccn2)c1OC(F)F.I. The molecule has 0 aliphatic rings. The zero-order valence-electron chi connectivity index (χ0n) is 16.8. The maximum absolute atomic E-state index is 12.8. The van der Waals surface area contributed by atoms with Crippen molar-refractivity contribution in [3.63, 3.8) is 0 Å². The Balaban J connectivity index is 0.00000420. The minimum Gasteiger partial charge on any atom is -0.490 e. The van der Waals surface area contributed by atoms with E-state index in [1.165, 1.54) is 0 Å². The molecule has 2 N–H and O–H groups in total. The molecule has 1 atom stereocenters. The number of aliphatic imine (C=N–C) groups is 1. The van der Waals surface area contributed by atoms with Gasteiger partial charge in [0.05, 0.1) is 6.61 Å². The lowest BCUT2D eigenvalue weighted by atomic mass is 10.2. The zero-order chi connectivity index (χ0) is 20.4. The predicted octanol–water partition coefficient (Wildman–Crippen LogP) is 3.50. The molecule has 10 heteroatoms. The molecule has 1 aromatic heterocycles. The highest BCUT2D eigenvalue weighted by Crippen LogP contribution is 2.32. The lowest BCUT2D eigenvalue weighted by Gasteiger charge is -2.18. The molecular formula is C19H28F2IN5O2. The van der Waals surface area contributed by atoms with Crippen LogP contribution in [-0.4, -0.2) is 42.6 Å². The first-order chi connectivity index (χ1) is 13.5. The van der Waals surface area contributed by atoms with Crippen molar-refractivity contribution in [2.75, 3.05) is 20.2 Å². The summed E-state index contributed by atoms with van der Waals surface area (Å²) in [4.78, 5) is 4.17. The predicted molar refractivity (Wildman–Crippen MR) is 119 cm³/mol. The molecule has 0 fully saturated rings. The fourth-order valence-electron chi connectivity index (χ4n) is 2.66. The Labute approximate surface area is 186 Å². The molecule has 0 spiro atoms. The van der Waals surface area contributed by atoms with Crippen molar-refractivity contribution in [1.82, 2.24) is 20.4 Å². The van der Waals surface area contributed by atoms with Crippen molar-refractivity contribution in [1.29, 1.82) is 0 Å². The van der Waals surface area contributed by atoms with E-state index in [0.29, 0.717) is 30.6 Å². The minimum absolute atomic E-state index is 0. The smallest absolute Gasteiger partial charge is 0.387 e. The number of hydrogen-bond donors (Lipinski definition) is 2. The highest BCUT2D eigenvalue weighted by atomic mass is 127. The standard InChI is InChI=1S/C19H27F2N5O2.HI/c1-4-27-16-8-5-7-15(17(16)28-18(20)21)12-24-19(22-3)23-11-14(2)13-26-10-6-9-25-26;/h5-10,14,18H,4,11-13H2,1-3H3,(H2,22,23,24);1H. The molecule has 0 saturated carbocycles. The Morgan fingerprint density at radius 1 is 1.28 bits per heavy atom. The number of alkyl halides is 2. The molecule has 162 valence electrons. The van der Waals surface area contributed by atoms with Gasteiger partial charge in [-0.25, -0.2) is 0 Å². The van der Waals surface area contributed by atoms with Crippen LogP contribution in [0.2, 0.25) is 0 Å². The number of ether oxygens (including phenoxy) is 2. The van der Waals surface area contributed by atoms with Gasteiger partial charge < -0.3 is 20.1 Å². The molecule has 0 bridgehead atoms. The summed E-state index contributed by atoms with van der Waals surface area (Å²) >= 11 is 0. The van der Waals surface area contributed by atoms with E-state index >= 15 is 0 Å². The van der Waals surface area contributed by atoms with E-state index in [2.05, 4.69) is 32.4 Å². The Morgan fingerprint density at radius 2 is 2.07 bits per heavy atom. The summed E-state index contributed by atoms with van der Waals surface area (Å²) in [6.07, 6.45) is 3.66. The number of guanidine groups is 1. The van der Waals surface area contributed by atoms with Crippen LogP contribution in [0.4, 0.5) is 8.78 Å². The first-order valence-electron chi connectivity index (χ1n) is 9.14. The van der Waals surface area contributed by atoms with Crippen LogP contribution in [0, 0.1) is 5.92 Å². The number of benzene rings is 1. The van der Waals surface area contributed by atoms with E-state index in [9.17, 15) is 8.78 Å². The van der Waals surface area contributed by atoms with E-state index in [4.69, 9.17) is 4.74 Å². The second kappa shape index (κ2) is 13.2. The summed E-state index contributed by atoms with van der Waals surface area (Å²) in [6, 6.07) is 6.94. The quantitative estimate of drug-likeness (QED) is 0.284. The molecule has 1 heterocycles. The summed E-state index contributed by atoms with van der Waals surface area (Å²) in [5.74, 6) is 1.21. The van der Waals surface area contributed by atoms with E-state index in [-0.39, 0.29) is 42.0 Å². The fraction of sp³-hybridized carbons (Fsp3) is 0.474. The van der Waals surface area contributed by atoms with Crippen molar-refractivity contribution in [3.05, 3.63) is 42.2 Å². The maximum atomic E-state index is 12.8. The van der Waals surface area contributed by atoms with Crippen LogP contribution in [-0.2, 0) is 13.1 Å². The number of aromatic nitrogens is 2. The monoisotopic (exact) mass is 523 g/mol. The number of nitrogens with one attached hydrogen (secondary N) is 2. The lowest BCUT2D eigenvalue weighted by Crippen LogP contribution is -2.39. The third-order valence-corrected chi connectivity index (χ3v) is 3.91. The fourth-order valence-corrected chi connectivity index (χ4v) is 2.66. The van der Waals surface area contributed by atoms with Crippen LogP contribution in [0.1, 0.15) is 19.4 Å². The topological polar surface area (TPSA) is 72.7 Å². The van der Waals surface area contributed by atoms with Gasteiger partial charge in [0, 0.05) is 44.6 Å². The van der Waals surface area contributed by atoms with Crippen molar-refractivity contribution in [3.8, 4) is 11.5 Å². The third kappa shape index (κ3) is 8.42. The molecule has 2 rings (SSSR count). The van der Waals surface area contributed by atoms with E-state index in [0.717, 1.165) is 6.54 Å². The summed E-state index contributed by atoms with van der Waals surface area (Å²) in [7, 11) is 1.65. The Hall–Kier alpha value is -2.11. The number of rotatable bonds is 10. The second-order valence-corrected chi connectivity index (χ2v) is 6.20. The van der Waals surface area contributed by atoms with Gasteiger partial charge in [0.2, 0.25) is 0 Å². The van der Waals surface area contributed by atoms with Gasteiger partial charge in [0.25, 0.3) is 0 Å². The van der Waals surface area contributed by atoms with Crippen LogP contribution in [0.3, 0.4) is 0 Å². The first kappa shape index (κ1) is 24.9. The van der Waals surface area contributed by atoms with Crippen molar-refractivity contribution >= 4 is 29.9 Å². The van der Waals surface area contributed by atoms with Crippen LogP contribution >= 0.6 is 24.0 Å². The molecule has 29 heavy (non-hydrogen) atoms. The Bertz CT molecular complexity index is 744. The number of halogens is 3. The van der Waals surface area contributed by atoms with Crippen molar-refractivity contribution in [2.45, 2.75) is 33.5 Å². The highest BCUT2D eigenvalue weighted by molar-refractivity contribution is 14.0. The average Bonchev–Trinajstić information content (AvgIpc) is 3.16. The number of nitrogens with zero attached hydrogens (tertiary/aromatic N) is 3. The average molecular weight is 523 g/mol. The van der Waals surface area contributed by atoms with Gasteiger partial charge in [-0.15, -0.1) is 24.0 Å².